The highest BCUT2D eigenvalue weighted by molar-refractivity contribution is 5.89. The van der Waals surface area contributed by atoms with Crippen molar-refractivity contribution in [3.8, 4) is 11.5 Å². The molecule has 0 bridgehead atoms. The normalized spacial score (nSPS) is 14.4. The van der Waals surface area contributed by atoms with E-state index in [4.69, 9.17) is 14.9 Å². The topological polar surface area (TPSA) is 111 Å². The van der Waals surface area contributed by atoms with Crippen molar-refractivity contribution in [2.24, 2.45) is 0 Å². The Morgan fingerprint density at radius 3 is 1.95 bits per heavy atom. The second kappa shape index (κ2) is 15.1. The van der Waals surface area contributed by atoms with Crippen LogP contribution < -0.4 is 9.64 Å². The standard InChI is InChI=1S/C29H31F2N3O2.C4H4O4/c1-32(14-12-22-23-6-2-4-8-27(23)36-28-9-5-3-7-24(22)28)15-13-29(35)34-18-16-33(17-19-34)21-10-11-25(30)26(31)20-21;5-3(6)1-2-4(7)8/h2-11,20,22H,12-19H2,1H3;1-2H,(H,5,6)(H,7,8). The Hall–Kier alpha value is -4.77. The van der Waals surface area contributed by atoms with Gasteiger partial charge < -0.3 is 29.6 Å². The number of carboxylic acids is 2. The second-order valence-corrected chi connectivity index (χ2v) is 10.5. The number of fused-ring (bicyclic) bond motifs is 2. The van der Waals surface area contributed by atoms with Gasteiger partial charge in [0, 0.05) is 80.1 Å². The van der Waals surface area contributed by atoms with Gasteiger partial charge in [-0.25, -0.2) is 18.4 Å². The van der Waals surface area contributed by atoms with Crippen LogP contribution in [-0.2, 0) is 14.4 Å². The van der Waals surface area contributed by atoms with Crippen LogP contribution in [0, 0.1) is 11.6 Å². The molecule has 2 heterocycles. The Balaban J connectivity index is 0.000000488. The van der Waals surface area contributed by atoms with Gasteiger partial charge in [-0.3, -0.25) is 4.79 Å². The largest absolute Gasteiger partial charge is 0.478 e. The van der Waals surface area contributed by atoms with Crippen molar-refractivity contribution < 1.29 is 38.1 Å². The summed E-state index contributed by atoms with van der Waals surface area (Å²) in [5, 5.41) is 15.6. The molecular formula is C33H35F2N3O6. The predicted octanol–water partition coefficient (Wildman–Crippen LogP) is 4.98. The van der Waals surface area contributed by atoms with Crippen LogP contribution in [0.3, 0.4) is 0 Å². The number of carbonyl (C=O) groups is 3. The fraction of sp³-hybridized carbons (Fsp3) is 0.303. The summed E-state index contributed by atoms with van der Waals surface area (Å²) < 4.78 is 32.9. The molecule has 0 saturated carbocycles. The molecule has 0 atom stereocenters. The molecule has 0 aliphatic carbocycles. The van der Waals surface area contributed by atoms with Crippen molar-refractivity contribution >= 4 is 23.5 Å². The van der Waals surface area contributed by atoms with Gasteiger partial charge in [-0.1, -0.05) is 36.4 Å². The number of carbonyl (C=O) groups excluding carboxylic acids is 1. The lowest BCUT2D eigenvalue weighted by atomic mass is 9.85. The van der Waals surface area contributed by atoms with Gasteiger partial charge >= 0.3 is 11.9 Å². The lowest BCUT2D eigenvalue weighted by molar-refractivity contribution is -0.134. The van der Waals surface area contributed by atoms with Gasteiger partial charge in [0.15, 0.2) is 11.6 Å². The van der Waals surface area contributed by atoms with Gasteiger partial charge in [-0.15, -0.1) is 0 Å². The number of amides is 1. The molecule has 0 spiro atoms. The van der Waals surface area contributed by atoms with Crippen molar-refractivity contribution in [3.63, 3.8) is 0 Å². The summed E-state index contributed by atoms with van der Waals surface area (Å²) in [6.07, 6.45) is 2.52. The molecule has 2 aliphatic heterocycles. The molecule has 9 nitrogen and oxygen atoms in total. The number of para-hydroxylation sites is 2. The average Bonchev–Trinajstić information content (AvgIpc) is 3.02. The zero-order chi connectivity index (χ0) is 31.6. The molecule has 0 unspecified atom stereocenters. The molecule has 1 saturated heterocycles. The minimum Gasteiger partial charge on any atom is -0.478 e. The number of nitrogens with zero attached hydrogens (tertiary/aromatic N) is 3. The molecule has 3 aromatic rings. The van der Waals surface area contributed by atoms with Crippen LogP contribution in [0.4, 0.5) is 14.5 Å². The second-order valence-electron chi connectivity index (χ2n) is 10.5. The number of carboxylic acid groups (broad SMARTS) is 2. The first kappa shape index (κ1) is 32.2. The fourth-order valence-corrected chi connectivity index (χ4v) is 5.26. The van der Waals surface area contributed by atoms with Crippen molar-refractivity contribution in [2.45, 2.75) is 18.8 Å². The number of rotatable bonds is 9. The molecule has 44 heavy (non-hydrogen) atoms. The van der Waals surface area contributed by atoms with Crippen LogP contribution in [0.25, 0.3) is 0 Å². The van der Waals surface area contributed by atoms with Crippen molar-refractivity contribution in [2.75, 3.05) is 51.2 Å². The molecule has 2 N–H and O–H groups in total. The summed E-state index contributed by atoms with van der Waals surface area (Å²) >= 11 is 0. The van der Waals surface area contributed by atoms with E-state index in [0.29, 0.717) is 57.0 Å². The zero-order valence-corrected chi connectivity index (χ0v) is 24.4. The molecular weight excluding hydrogens is 572 g/mol. The van der Waals surface area contributed by atoms with Crippen LogP contribution in [0.1, 0.15) is 29.9 Å². The number of anilines is 1. The maximum atomic E-state index is 13.6. The van der Waals surface area contributed by atoms with Gasteiger partial charge in [0.25, 0.3) is 0 Å². The monoisotopic (exact) mass is 607 g/mol. The Morgan fingerprint density at radius 1 is 0.841 bits per heavy atom. The summed E-state index contributed by atoms with van der Waals surface area (Å²) in [4.78, 5) is 38.0. The Morgan fingerprint density at radius 2 is 1.41 bits per heavy atom. The van der Waals surface area contributed by atoms with Gasteiger partial charge in [0.05, 0.1) is 0 Å². The van der Waals surface area contributed by atoms with Crippen LogP contribution in [0.2, 0.25) is 0 Å². The van der Waals surface area contributed by atoms with E-state index >= 15 is 0 Å². The maximum absolute atomic E-state index is 13.6. The van der Waals surface area contributed by atoms with Gasteiger partial charge in [0.1, 0.15) is 11.5 Å². The first-order valence-electron chi connectivity index (χ1n) is 14.3. The number of hydrogen-bond donors (Lipinski definition) is 2. The van der Waals surface area contributed by atoms with E-state index in [1.165, 1.54) is 17.2 Å². The maximum Gasteiger partial charge on any atom is 0.328 e. The number of halogens is 2. The number of benzene rings is 3. The van der Waals surface area contributed by atoms with E-state index in [0.717, 1.165) is 30.5 Å². The van der Waals surface area contributed by atoms with Gasteiger partial charge in [-0.05, 0) is 44.3 Å². The molecule has 11 heteroatoms. The van der Waals surface area contributed by atoms with Crippen molar-refractivity contribution in [3.05, 3.63) is 102 Å². The lowest BCUT2D eigenvalue weighted by Crippen LogP contribution is -2.49. The van der Waals surface area contributed by atoms with E-state index in [2.05, 4.69) is 36.2 Å². The van der Waals surface area contributed by atoms with Crippen LogP contribution in [-0.4, -0.2) is 84.2 Å². The van der Waals surface area contributed by atoms with Crippen LogP contribution >= 0.6 is 0 Å². The summed E-state index contributed by atoms with van der Waals surface area (Å²) in [6, 6.07) is 20.4. The Labute approximate surface area is 254 Å². The summed E-state index contributed by atoms with van der Waals surface area (Å²) in [5.74, 6) is -1.98. The molecule has 1 fully saturated rings. The SMILES string of the molecule is CN(CCC(=O)N1CCN(c2ccc(F)c(F)c2)CC1)CCC1c2ccccc2Oc2ccccc21.O=C(O)C=CC(=O)O. The average molecular weight is 608 g/mol. The lowest BCUT2D eigenvalue weighted by Gasteiger charge is -2.36. The minimum atomic E-state index is -1.26. The molecule has 2 aliphatic rings. The smallest absolute Gasteiger partial charge is 0.328 e. The predicted molar refractivity (Wildman–Crippen MR) is 161 cm³/mol. The van der Waals surface area contributed by atoms with E-state index < -0.39 is 23.6 Å². The number of aliphatic carboxylic acids is 2. The van der Waals surface area contributed by atoms with Crippen LogP contribution in [0.5, 0.6) is 11.5 Å². The third-order valence-electron chi connectivity index (χ3n) is 7.58. The first-order chi connectivity index (χ1) is 21.1. The minimum absolute atomic E-state index is 0.133. The van der Waals surface area contributed by atoms with E-state index in [9.17, 15) is 23.2 Å². The third kappa shape index (κ3) is 8.63. The zero-order valence-electron chi connectivity index (χ0n) is 24.4. The Bertz CT molecular complexity index is 1440. The Kier molecular flexibility index (Phi) is 11.0. The number of ether oxygens (including phenoxy) is 1. The number of piperazine rings is 1. The molecule has 0 aromatic heterocycles. The highest BCUT2D eigenvalue weighted by Gasteiger charge is 2.27. The van der Waals surface area contributed by atoms with Gasteiger partial charge in [-0.2, -0.15) is 0 Å². The molecule has 232 valence electrons. The molecule has 1 amide bonds. The van der Waals surface area contributed by atoms with E-state index in [1.54, 1.807) is 6.07 Å². The summed E-state index contributed by atoms with van der Waals surface area (Å²) in [7, 11) is 2.06. The molecule has 3 aromatic carbocycles. The van der Waals surface area contributed by atoms with Crippen molar-refractivity contribution in [1.82, 2.24) is 9.80 Å². The number of hydrogen-bond acceptors (Lipinski definition) is 6. The summed E-state index contributed by atoms with van der Waals surface area (Å²) in [5.41, 5.74) is 3.07. The van der Waals surface area contributed by atoms with Crippen molar-refractivity contribution in [1.29, 1.82) is 0 Å². The first-order valence-corrected chi connectivity index (χ1v) is 14.3. The highest BCUT2D eigenvalue weighted by Crippen LogP contribution is 2.45. The highest BCUT2D eigenvalue weighted by atomic mass is 19.2. The molecule has 5 rings (SSSR count). The van der Waals surface area contributed by atoms with E-state index in [1.807, 2.05) is 34.1 Å². The van der Waals surface area contributed by atoms with Gasteiger partial charge in [0.2, 0.25) is 5.91 Å². The summed E-state index contributed by atoms with van der Waals surface area (Å²) in [6.45, 7) is 3.93. The quantitative estimate of drug-likeness (QED) is 0.328. The third-order valence-corrected chi connectivity index (χ3v) is 7.58. The van der Waals surface area contributed by atoms with E-state index in [-0.39, 0.29) is 11.8 Å². The van der Waals surface area contributed by atoms with Crippen LogP contribution in [0.15, 0.2) is 78.9 Å². The fourth-order valence-electron chi connectivity index (χ4n) is 5.26. The molecule has 0 radical (unpaired) electrons.